The lowest BCUT2D eigenvalue weighted by Crippen LogP contribution is -2.10. The summed E-state index contributed by atoms with van der Waals surface area (Å²) in [6, 6.07) is 10.3. The van der Waals surface area contributed by atoms with Crippen LogP contribution in [0.2, 0.25) is 0 Å². The minimum Gasteiger partial charge on any atom is -0.457 e. The predicted molar refractivity (Wildman–Crippen MR) is 66.5 cm³/mol. The summed E-state index contributed by atoms with van der Waals surface area (Å²) in [7, 11) is 0. The minimum atomic E-state index is -4.42. The number of benzene rings is 2. The highest BCUT2D eigenvalue weighted by Gasteiger charge is 2.30. The predicted octanol–water partition coefficient (Wildman–Crippen LogP) is 3.60. The molecule has 0 fully saturated rings. The van der Waals surface area contributed by atoms with Crippen LogP contribution >= 0.6 is 0 Å². The molecule has 1 amide bonds. The Bertz CT molecular complexity index is 621. The van der Waals surface area contributed by atoms with Gasteiger partial charge in [-0.25, -0.2) is 0 Å². The molecule has 2 rings (SSSR count). The molecule has 0 atom stereocenters. The van der Waals surface area contributed by atoms with Crippen LogP contribution in [0.15, 0.2) is 48.5 Å². The maximum absolute atomic E-state index is 12.5. The third kappa shape index (κ3) is 3.28. The molecule has 104 valence electrons. The van der Waals surface area contributed by atoms with Gasteiger partial charge in [0.15, 0.2) is 0 Å². The molecule has 0 saturated heterocycles. The van der Waals surface area contributed by atoms with Crippen molar-refractivity contribution in [1.29, 1.82) is 0 Å². The van der Waals surface area contributed by atoms with Crippen LogP contribution in [0.4, 0.5) is 13.2 Å². The Balaban J connectivity index is 2.20. The monoisotopic (exact) mass is 281 g/mol. The first kappa shape index (κ1) is 13.9. The summed E-state index contributed by atoms with van der Waals surface area (Å²) >= 11 is 0. The van der Waals surface area contributed by atoms with Crippen LogP contribution < -0.4 is 10.5 Å². The zero-order chi connectivity index (χ0) is 14.8. The van der Waals surface area contributed by atoms with Crippen LogP contribution in [0.1, 0.15) is 15.9 Å². The molecule has 0 aliphatic rings. The second-order valence-corrected chi connectivity index (χ2v) is 4.02. The molecular formula is C14H10F3NO2. The maximum atomic E-state index is 12.5. The fourth-order valence-electron chi connectivity index (χ4n) is 1.56. The number of alkyl halides is 3. The van der Waals surface area contributed by atoms with E-state index in [0.717, 1.165) is 12.1 Å². The van der Waals surface area contributed by atoms with Crippen LogP contribution in [-0.4, -0.2) is 5.91 Å². The van der Waals surface area contributed by atoms with Crippen molar-refractivity contribution in [3.05, 3.63) is 59.7 Å². The molecule has 0 aliphatic heterocycles. The Labute approximate surface area is 112 Å². The molecule has 0 saturated carbocycles. The van der Waals surface area contributed by atoms with Gasteiger partial charge in [0, 0.05) is 5.56 Å². The molecule has 0 unspecified atom stereocenters. The fraction of sp³-hybridized carbons (Fsp3) is 0.0714. The maximum Gasteiger partial charge on any atom is 0.416 e. The van der Waals surface area contributed by atoms with E-state index in [0.29, 0.717) is 11.3 Å². The van der Waals surface area contributed by atoms with Crippen LogP contribution in [0.3, 0.4) is 0 Å². The number of hydrogen-bond donors (Lipinski definition) is 1. The van der Waals surface area contributed by atoms with Crippen LogP contribution in [0.5, 0.6) is 11.5 Å². The Morgan fingerprint density at radius 2 is 1.65 bits per heavy atom. The first-order valence-corrected chi connectivity index (χ1v) is 5.61. The molecule has 0 heterocycles. The van der Waals surface area contributed by atoms with Crippen molar-refractivity contribution in [3.8, 4) is 11.5 Å². The second kappa shape index (κ2) is 5.24. The van der Waals surface area contributed by atoms with Crippen molar-refractivity contribution in [3.63, 3.8) is 0 Å². The molecule has 0 bridgehead atoms. The normalized spacial score (nSPS) is 11.2. The molecular weight excluding hydrogens is 271 g/mol. The molecule has 2 aromatic carbocycles. The Morgan fingerprint density at radius 3 is 2.20 bits per heavy atom. The highest BCUT2D eigenvalue weighted by Crippen LogP contribution is 2.32. The number of nitrogens with two attached hydrogens (primary N) is 1. The summed E-state index contributed by atoms with van der Waals surface area (Å²) in [4.78, 5) is 10.9. The third-order valence-corrected chi connectivity index (χ3v) is 2.54. The van der Waals surface area contributed by atoms with Gasteiger partial charge in [0.25, 0.3) is 0 Å². The third-order valence-electron chi connectivity index (χ3n) is 2.54. The van der Waals surface area contributed by atoms with Crippen molar-refractivity contribution in [1.82, 2.24) is 0 Å². The van der Waals surface area contributed by atoms with Gasteiger partial charge < -0.3 is 10.5 Å². The van der Waals surface area contributed by atoms with Gasteiger partial charge in [-0.1, -0.05) is 6.07 Å². The summed E-state index contributed by atoms with van der Waals surface area (Å²) in [6.45, 7) is 0. The van der Waals surface area contributed by atoms with Crippen molar-refractivity contribution in [2.24, 2.45) is 5.73 Å². The van der Waals surface area contributed by atoms with E-state index in [1.165, 1.54) is 36.4 Å². The van der Waals surface area contributed by atoms with E-state index in [1.54, 1.807) is 0 Å². The van der Waals surface area contributed by atoms with Gasteiger partial charge in [-0.05, 0) is 42.5 Å². The number of rotatable bonds is 3. The quantitative estimate of drug-likeness (QED) is 0.934. The molecule has 3 nitrogen and oxygen atoms in total. The minimum absolute atomic E-state index is 0.0617. The summed E-state index contributed by atoms with van der Waals surface area (Å²) in [5, 5.41) is 0. The Hall–Kier alpha value is -2.50. The van der Waals surface area contributed by atoms with Crippen molar-refractivity contribution >= 4 is 5.91 Å². The molecule has 0 radical (unpaired) electrons. The van der Waals surface area contributed by atoms with E-state index in [2.05, 4.69) is 0 Å². The van der Waals surface area contributed by atoms with E-state index in [1.807, 2.05) is 0 Å². The summed E-state index contributed by atoms with van der Waals surface area (Å²) in [5.41, 5.74) is 4.58. The van der Waals surface area contributed by atoms with E-state index < -0.39 is 17.6 Å². The zero-order valence-electron chi connectivity index (χ0n) is 10.1. The number of hydrogen-bond acceptors (Lipinski definition) is 2. The number of halogens is 3. The van der Waals surface area contributed by atoms with Gasteiger partial charge in [0.05, 0.1) is 5.56 Å². The van der Waals surface area contributed by atoms with Crippen LogP contribution in [0, 0.1) is 0 Å². The van der Waals surface area contributed by atoms with Gasteiger partial charge in [0.1, 0.15) is 11.5 Å². The number of carbonyl (C=O) groups is 1. The molecule has 6 heteroatoms. The van der Waals surface area contributed by atoms with E-state index >= 15 is 0 Å². The summed E-state index contributed by atoms with van der Waals surface area (Å²) in [5.74, 6) is -0.211. The number of primary amides is 1. The van der Waals surface area contributed by atoms with E-state index in [-0.39, 0.29) is 5.75 Å². The second-order valence-electron chi connectivity index (χ2n) is 4.02. The van der Waals surface area contributed by atoms with Gasteiger partial charge in [-0.3, -0.25) is 4.79 Å². The molecule has 0 aliphatic carbocycles. The van der Waals surface area contributed by atoms with Gasteiger partial charge in [-0.2, -0.15) is 13.2 Å². The molecule has 0 spiro atoms. The highest BCUT2D eigenvalue weighted by molar-refractivity contribution is 5.92. The first-order chi connectivity index (χ1) is 9.36. The summed E-state index contributed by atoms with van der Waals surface area (Å²) < 4.78 is 42.9. The lowest BCUT2D eigenvalue weighted by Gasteiger charge is -2.10. The molecule has 2 aromatic rings. The number of carbonyl (C=O) groups excluding carboxylic acids is 1. The fourth-order valence-corrected chi connectivity index (χ4v) is 1.56. The van der Waals surface area contributed by atoms with E-state index in [9.17, 15) is 18.0 Å². The SMILES string of the molecule is NC(=O)c1ccc(Oc2cccc(C(F)(F)F)c2)cc1. The molecule has 2 N–H and O–H groups in total. The lowest BCUT2D eigenvalue weighted by atomic mass is 10.2. The van der Waals surface area contributed by atoms with Gasteiger partial charge in [-0.15, -0.1) is 0 Å². The lowest BCUT2D eigenvalue weighted by molar-refractivity contribution is -0.137. The topological polar surface area (TPSA) is 52.3 Å². The average Bonchev–Trinajstić information content (AvgIpc) is 2.38. The Morgan fingerprint density at radius 1 is 1.00 bits per heavy atom. The van der Waals surface area contributed by atoms with Crippen molar-refractivity contribution in [2.45, 2.75) is 6.18 Å². The molecule has 0 aromatic heterocycles. The van der Waals surface area contributed by atoms with Crippen LogP contribution in [0.25, 0.3) is 0 Å². The van der Waals surface area contributed by atoms with Gasteiger partial charge in [0.2, 0.25) is 5.91 Å². The number of amides is 1. The van der Waals surface area contributed by atoms with Crippen molar-refractivity contribution < 1.29 is 22.7 Å². The largest absolute Gasteiger partial charge is 0.457 e. The van der Waals surface area contributed by atoms with Gasteiger partial charge >= 0.3 is 6.18 Å². The smallest absolute Gasteiger partial charge is 0.416 e. The van der Waals surface area contributed by atoms with Crippen LogP contribution in [-0.2, 0) is 6.18 Å². The summed E-state index contributed by atoms with van der Waals surface area (Å²) in [6.07, 6.45) is -4.42. The average molecular weight is 281 g/mol. The Kier molecular flexibility index (Phi) is 3.65. The zero-order valence-corrected chi connectivity index (χ0v) is 10.1. The first-order valence-electron chi connectivity index (χ1n) is 5.61. The standard InChI is InChI=1S/C14H10F3NO2/c15-14(16,17)10-2-1-3-12(8-10)20-11-6-4-9(5-7-11)13(18)19/h1-8H,(H2,18,19). The van der Waals surface area contributed by atoms with Crippen molar-refractivity contribution in [2.75, 3.05) is 0 Å². The van der Waals surface area contributed by atoms with E-state index in [4.69, 9.17) is 10.5 Å². The number of ether oxygens (including phenoxy) is 1. The highest BCUT2D eigenvalue weighted by atomic mass is 19.4. The molecule has 20 heavy (non-hydrogen) atoms.